The average Bonchev–Trinajstić information content (AvgIpc) is 2.27. The minimum Gasteiger partial charge on any atom is -0.378 e. The summed E-state index contributed by atoms with van der Waals surface area (Å²) < 4.78 is 0. The summed E-state index contributed by atoms with van der Waals surface area (Å²) >= 11 is 0. The van der Waals surface area contributed by atoms with Crippen LogP contribution in [0.3, 0.4) is 0 Å². The second-order valence-electron chi connectivity index (χ2n) is 3.27. The van der Waals surface area contributed by atoms with Crippen LogP contribution in [0.2, 0.25) is 0 Å². The molecule has 6 nitrogen and oxygen atoms in total. The Morgan fingerprint density at radius 3 is 2.56 bits per heavy atom. The van der Waals surface area contributed by atoms with Crippen LogP contribution in [0, 0.1) is 0 Å². The quantitative estimate of drug-likeness (QED) is 0.366. The Hall–Kier alpha value is -1.76. The highest BCUT2D eigenvalue weighted by Gasteiger charge is 2.39. The summed E-state index contributed by atoms with van der Waals surface area (Å²) in [7, 11) is 0. The number of benzene rings is 1. The Morgan fingerprint density at radius 1 is 1.44 bits per heavy atom. The molecule has 1 aromatic carbocycles. The van der Waals surface area contributed by atoms with Gasteiger partial charge in [0.25, 0.3) is 5.91 Å². The molecule has 0 fully saturated rings. The van der Waals surface area contributed by atoms with Gasteiger partial charge in [0.1, 0.15) is 6.29 Å². The molecule has 1 amide bonds. The van der Waals surface area contributed by atoms with Crippen LogP contribution in [0.15, 0.2) is 24.3 Å². The normalized spacial score (nSPS) is 13.2. The van der Waals surface area contributed by atoms with Gasteiger partial charge in [-0.15, -0.1) is 0 Å². The van der Waals surface area contributed by atoms with E-state index < -0.39 is 17.8 Å². The maximum atomic E-state index is 10.7. The van der Waals surface area contributed by atoms with Gasteiger partial charge < -0.3 is 21.1 Å². The number of amides is 1. The Kier molecular flexibility index (Phi) is 3.38. The molecule has 6 heteroatoms. The van der Waals surface area contributed by atoms with E-state index in [1.165, 1.54) is 18.2 Å². The molecule has 0 spiro atoms. The van der Waals surface area contributed by atoms with E-state index in [9.17, 15) is 24.9 Å². The molecule has 5 N–H and O–H groups in total. The number of rotatable bonds is 4. The first-order valence-electron chi connectivity index (χ1n) is 4.37. The topological polar surface area (TPSA) is 121 Å². The lowest BCUT2D eigenvalue weighted by atomic mass is 9.98. The molecular weight excluding hydrogens is 214 g/mol. The molecule has 0 aliphatic carbocycles. The van der Waals surface area contributed by atoms with E-state index in [2.05, 4.69) is 0 Å². The summed E-state index contributed by atoms with van der Waals surface area (Å²) in [5, 5.41) is 28.3. The second-order valence-corrected chi connectivity index (χ2v) is 3.27. The maximum Gasteiger partial charge on any atom is 0.252 e. The summed E-state index contributed by atoms with van der Waals surface area (Å²) in [5.41, 5.74) is 4.74. The Morgan fingerprint density at radius 2 is 2.06 bits per heavy atom. The first-order chi connectivity index (χ1) is 7.39. The van der Waals surface area contributed by atoms with Crippen LogP contribution in [0.25, 0.3) is 0 Å². The Balaban J connectivity index is 3.15. The van der Waals surface area contributed by atoms with E-state index in [-0.39, 0.29) is 11.1 Å². The number of hydrogen-bond acceptors (Lipinski definition) is 5. The van der Waals surface area contributed by atoms with E-state index in [1.54, 1.807) is 0 Å². The first kappa shape index (κ1) is 12.3. The van der Waals surface area contributed by atoms with Gasteiger partial charge >= 0.3 is 0 Å². The summed E-state index contributed by atoms with van der Waals surface area (Å²) in [6.45, 7) is 0. The fraction of sp³-hybridized carbons (Fsp3) is 0.200. The van der Waals surface area contributed by atoms with Gasteiger partial charge in [-0.1, -0.05) is 18.2 Å². The highest BCUT2D eigenvalue weighted by molar-refractivity contribution is 5.80. The lowest BCUT2D eigenvalue weighted by molar-refractivity contribution is -0.229. The van der Waals surface area contributed by atoms with Crippen LogP contribution < -0.4 is 5.73 Å². The van der Waals surface area contributed by atoms with Gasteiger partial charge in [0.15, 0.2) is 6.10 Å². The van der Waals surface area contributed by atoms with Crippen LogP contribution in [0.4, 0.5) is 0 Å². The molecule has 0 saturated heterocycles. The van der Waals surface area contributed by atoms with Crippen molar-refractivity contribution in [2.24, 2.45) is 5.73 Å². The summed E-state index contributed by atoms with van der Waals surface area (Å²) in [6.07, 6.45) is -1.68. The number of aldehydes is 1. The molecule has 0 heterocycles. The average molecular weight is 225 g/mol. The van der Waals surface area contributed by atoms with Gasteiger partial charge in [0.05, 0.1) is 0 Å². The molecule has 1 atom stereocenters. The predicted molar refractivity (Wildman–Crippen MR) is 53.1 cm³/mol. The third-order valence-corrected chi connectivity index (χ3v) is 2.10. The monoisotopic (exact) mass is 225 g/mol. The number of carbonyl (C=O) groups is 2. The van der Waals surface area contributed by atoms with Crippen LogP contribution in [-0.2, 0) is 10.6 Å². The van der Waals surface area contributed by atoms with Crippen LogP contribution >= 0.6 is 0 Å². The molecule has 0 bridgehead atoms. The van der Waals surface area contributed by atoms with Gasteiger partial charge in [-0.25, -0.2) is 0 Å². The second kappa shape index (κ2) is 4.40. The molecule has 0 radical (unpaired) electrons. The molecule has 86 valence electrons. The zero-order valence-corrected chi connectivity index (χ0v) is 8.20. The summed E-state index contributed by atoms with van der Waals surface area (Å²) in [5.74, 6) is -4.09. The third kappa shape index (κ3) is 2.25. The number of aliphatic hydroxyl groups is 3. The molecule has 0 aliphatic rings. The molecule has 1 rings (SSSR count). The van der Waals surface area contributed by atoms with E-state index in [0.717, 1.165) is 6.07 Å². The van der Waals surface area contributed by atoms with Gasteiger partial charge in [0.2, 0.25) is 5.79 Å². The summed E-state index contributed by atoms with van der Waals surface area (Å²) in [6, 6.07) is 5.20. The zero-order valence-electron chi connectivity index (χ0n) is 8.20. The van der Waals surface area contributed by atoms with Gasteiger partial charge in [0, 0.05) is 11.1 Å². The van der Waals surface area contributed by atoms with Crippen molar-refractivity contribution in [3.63, 3.8) is 0 Å². The van der Waals surface area contributed by atoms with Gasteiger partial charge in [-0.2, -0.15) is 0 Å². The van der Waals surface area contributed by atoms with Crippen molar-refractivity contribution >= 4 is 12.2 Å². The van der Waals surface area contributed by atoms with Crippen molar-refractivity contribution in [3.05, 3.63) is 35.4 Å². The van der Waals surface area contributed by atoms with E-state index >= 15 is 0 Å². The van der Waals surface area contributed by atoms with Crippen LogP contribution in [0.1, 0.15) is 15.9 Å². The number of primary amides is 1. The van der Waals surface area contributed by atoms with Crippen molar-refractivity contribution < 1.29 is 24.9 Å². The number of hydrogen-bond donors (Lipinski definition) is 4. The first-order valence-corrected chi connectivity index (χ1v) is 4.37. The van der Waals surface area contributed by atoms with Crippen molar-refractivity contribution in [1.82, 2.24) is 0 Å². The fourth-order valence-electron chi connectivity index (χ4n) is 1.20. The van der Waals surface area contributed by atoms with Crippen molar-refractivity contribution in [1.29, 1.82) is 0 Å². The SMILES string of the molecule is NC(=O)C(O)C(O)(O)c1cccc(C=O)c1. The smallest absolute Gasteiger partial charge is 0.252 e. The predicted octanol–water partition coefficient (Wildman–Crippen LogP) is -1.52. The molecule has 0 aromatic heterocycles. The number of nitrogens with two attached hydrogens (primary N) is 1. The van der Waals surface area contributed by atoms with Crippen LogP contribution in [0.5, 0.6) is 0 Å². The van der Waals surface area contributed by atoms with E-state index in [1.807, 2.05) is 0 Å². The highest BCUT2D eigenvalue weighted by Crippen LogP contribution is 2.22. The van der Waals surface area contributed by atoms with E-state index in [4.69, 9.17) is 5.73 Å². The lowest BCUT2D eigenvalue weighted by Gasteiger charge is -2.25. The highest BCUT2D eigenvalue weighted by atomic mass is 16.5. The van der Waals surface area contributed by atoms with Gasteiger partial charge in [-0.05, 0) is 6.07 Å². The third-order valence-electron chi connectivity index (χ3n) is 2.10. The van der Waals surface area contributed by atoms with Crippen LogP contribution in [-0.4, -0.2) is 33.6 Å². The number of aliphatic hydroxyl groups excluding tert-OH is 1. The maximum absolute atomic E-state index is 10.7. The van der Waals surface area contributed by atoms with Crippen molar-refractivity contribution in [2.45, 2.75) is 11.9 Å². The van der Waals surface area contributed by atoms with Gasteiger partial charge in [-0.3, -0.25) is 9.59 Å². The molecule has 0 aliphatic heterocycles. The largest absolute Gasteiger partial charge is 0.378 e. The lowest BCUT2D eigenvalue weighted by Crippen LogP contribution is -2.47. The molecule has 1 unspecified atom stereocenters. The van der Waals surface area contributed by atoms with E-state index in [0.29, 0.717) is 6.29 Å². The molecular formula is C10H11NO5. The summed E-state index contributed by atoms with van der Waals surface area (Å²) in [4.78, 5) is 21.1. The molecule has 1 aromatic rings. The number of carbonyl (C=O) groups excluding carboxylic acids is 2. The molecule has 16 heavy (non-hydrogen) atoms. The zero-order chi connectivity index (χ0) is 12.3. The minimum absolute atomic E-state index is 0.182. The van der Waals surface area contributed by atoms with Crippen molar-refractivity contribution in [3.8, 4) is 0 Å². The Labute approximate surface area is 90.9 Å². The van der Waals surface area contributed by atoms with Crippen molar-refractivity contribution in [2.75, 3.05) is 0 Å². The minimum atomic E-state index is -2.81. The molecule has 0 saturated carbocycles. The Bertz CT molecular complexity index is 415. The fourth-order valence-corrected chi connectivity index (χ4v) is 1.20. The standard InChI is InChI=1S/C10H11NO5/c11-9(14)8(13)10(15,16)7-3-1-2-6(4-7)5-12/h1-5,8,13,15-16H,(H2,11,14).